The van der Waals surface area contributed by atoms with Gasteiger partial charge in [0.1, 0.15) is 0 Å². The Kier molecular flexibility index (Phi) is 4.40. The third-order valence-electron chi connectivity index (χ3n) is 1.50. The van der Waals surface area contributed by atoms with Gasteiger partial charge in [-0.1, -0.05) is 23.4 Å². The first-order valence-corrected chi connectivity index (χ1v) is 5.07. The number of halogens is 1. The Morgan fingerprint density at radius 3 is 2.64 bits per heavy atom. The molecule has 0 radical (unpaired) electrons. The third kappa shape index (κ3) is 3.34. The van der Waals surface area contributed by atoms with Crippen molar-refractivity contribution in [3.63, 3.8) is 0 Å². The highest BCUT2D eigenvalue weighted by Gasteiger charge is 1.95. The quantitative estimate of drug-likeness (QED) is 0.572. The molecule has 3 heteroatoms. The molecule has 0 aliphatic carbocycles. The molecule has 0 atom stereocenters. The van der Waals surface area contributed by atoms with E-state index in [1.54, 1.807) is 18.2 Å². The largest absolute Gasteiger partial charge is 0.192 e. The molecular weight excluding hydrogens is 214 g/mol. The minimum atomic E-state index is 0.535. The van der Waals surface area contributed by atoms with Crippen LogP contribution in [0.2, 0.25) is 5.02 Å². The molecule has 1 nitrogen and oxygen atoms in total. The van der Waals surface area contributed by atoms with E-state index in [1.807, 2.05) is 6.07 Å². The van der Waals surface area contributed by atoms with E-state index in [0.717, 1.165) is 17.7 Å². The summed E-state index contributed by atoms with van der Waals surface area (Å²) in [5.74, 6) is 6.60. The number of hydrogen-bond donors (Lipinski definition) is 1. The lowest BCUT2D eigenvalue weighted by Gasteiger charge is -1.93. The Bertz CT molecular complexity index is 423. The maximum atomic E-state index is 8.69. The van der Waals surface area contributed by atoms with Crippen LogP contribution in [0, 0.1) is 23.2 Å². The second-order valence-electron chi connectivity index (χ2n) is 2.62. The van der Waals surface area contributed by atoms with E-state index in [1.165, 1.54) is 0 Å². The van der Waals surface area contributed by atoms with Crippen molar-refractivity contribution in [2.75, 3.05) is 5.75 Å². The van der Waals surface area contributed by atoms with Gasteiger partial charge in [0.05, 0.1) is 11.6 Å². The van der Waals surface area contributed by atoms with Crippen LogP contribution in [-0.2, 0) is 0 Å². The minimum absolute atomic E-state index is 0.535. The van der Waals surface area contributed by atoms with Crippen molar-refractivity contribution in [2.45, 2.75) is 6.42 Å². The summed E-state index contributed by atoms with van der Waals surface area (Å²) in [5, 5.41) is 9.23. The summed E-state index contributed by atoms with van der Waals surface area (Å²) in [6, 6.07) is 7.11. The lowest BCUT2D eigenvalue weighted by Crippen LogP contribution is -1.79. The zero-order chi connectivity index (χ0) is 10.4. The first kappa shape index (κ1) is 11.0. The van der Waals surface area contributed by atoms with Crippen LogP contribution in [-0.4, -0.2) is 5.75 Å². The molecule has 0 aromatic heterocycles. The van der Waals surface area contributed by atoms with Crippen molar-refractivity contribution >= 4 is 24.2 Å². The molecule has 0 heterocycles. The van der Waals surface area contributed by atoms with Crippen LogP contribution < -0.4 is 0 Å². The molecule has 1 aromatic rings. The fourth-order valence-electron chi connectivity index (χ4n) is 0.947. The summed E-state index contributed by atoms with van der Waals surface area (Å²) in [7, 11) is 0. The molecule has 1 aromatic carbocycles. The second kappa shape index (κ2) is 5.60. The topological polar surface area (TPSA) is 23.8 Å². The van der Waals surface area contributed by atoms with Crippen LogP contribution in [0.3, 0.4) is 0 Å². The highest BCUT2D eigenvalue weighted by molar-refractivity contribution is 7.80. The van der Waals surface area contributed by atoms with Crippen molar-refractivity contribution in [3.8, 4) is 17.9 Å². The SMILES string of the molecule is N#Cc1cc(Cl)cc(C#CCCS)c1. The molecule has 14 heavy (non-hydrogen) atoms. The monoisotopic (exact) mass is 221 g/mol. The summed E-state index contributed by atoms with van der Waals surface area (Å²) in [4.78, 5) is 0. The Hall–Kier alpha value is -1.09. The number of rotatable bonds is 1. The van der Waals surface area contributed by atoms with Gasteiger partial charge in [-0.25, -0.2) is 0 Å². The zero-order valence-corrected chi connectivity index (χ0v) is 9.07. The molecular formula is C11H8ClNS. The third-order valence-corrected chi connectivity index (χ3v) is 1.94. The van der Waals surface area contributed by atoms with E-state index in [4.69, 9.17) is 16.9 Å². The molecule has 0 saturated carbocycles. The van der Waals surface area contributed by atoms with Crippen molar-refractivity contribution in [3.05, 3.63) is 34.3 Å². The van der Waals surface area contributed by atoms with Crippen LogP contribution in [0.4, 0.5) is 0 Å². The maximum absolute atomic E-state index is 8.69. The number of nitrogens with zero attached hydrogens (tertiary/aromatic N) is 1. The number of thiol groups is 1. The summed E-state index contributed by atoms with van der Waals surface area (Å²) >= 11 is 9.85. The van der Waals surface area contributed by atoms with E-state index in [0.29, 0.717) is 10.6 Å². The van der Waals surface area contributed by atoms with Gasteiger partial charge in [-0.05, 0) is 18.2 Å². The molecule has 0 amide bonds. The van der Waals surface area contributed by atoms with Gasteiger partial charge >= 0.3 is 0 Å². The normalized spacial score (nSPS) is 8.64. The van der Waals surface area contributed by atoms with Gasteiger partial charge < -0.3 is 0 Å². The zero-order valence-electron chi connectivity index (χ0n) is 7.42. The van der Waals surface area contributed by atoms with Crippen molar-refractivity contribution < 1.29 is 0 Å². The molecule has 0 unspecified atom stereocenters. The standard InChI is InChI=1S/C11H8ClNS/c12-11-6-9(3-1-2-4-14)5-10(7-11)8-13/h5-7,14H,2,4H2. The van der Waals surface area contributed by atoms with Gasteiger partial charge in [-0.3, -0.25) is 0 Å². The van der Waals surface area contributed by atoms with E-state index in [9.17, 15) is 0 Å². The van der Waals surface area contributed by atoms with Crippen LogP contribution in [0.5, 0.6) is 0 Å². The van der Waals surface area contributed by atoms with E-state index < -0.39 is 0 Å². The minimum Gasteiger partial charge on any atom is -0.192 e. The predicted octanol–water partition coefficient (Wildman–Crippen LogP) is 2.88. The molecule has 0 spiro atoms. The average Bonchev–Trinajstić information content (AvgIpc) is 2.17. The first-order valence-electron chi connectivity index (χ1n) is 4.06. The Morgan fingerprint density at radius 2 is 2.00 bits per heavy atom. The van der Waals surface area contributed by atoms with Gasteiger partial charge in [-0.15, -0.1) is 0 Å². The summed E-state index contributed by atoms with van der Waals surface area (Å²) in [6.07, 6.45) is 0.734. The molecule has 0 bridgehead atoms. The van der Waals surface area contributed by atoms with Gasteiger partial charge in [0.15, 0.2) is 0 Å². The molecule has 0 fully saturated rings. The molecule has 0 N–H and O–H groups in total. The first-order chi connectivity index (χ1) is 6.76. The fraction of sp³-hybridized carbons (Fsp3) is 0.182. The molecule has 0 saturated heterocycles. The van der Waals surface area contributed by atoms with Crippen molar-refractivity contribution in [1.29, 1.82) is 5.26 Å². The number of benzene rings is 1. The Balaban J connectivity index is 2.95. The smallest absolute Gasteiger partial charge is 0.0992 e. The van der Waals surface area contributed by atoms with Gasteiger partial charge in [0.2, 0.25) is 0 Å². The van der Waals surface area contributed by atoms with Crippen LogP contribution >= 0.6 is 24.2 Å². The van der Waals surface area contributed by atoms with E-state index >= 15 is 0 Å². The summed E-state index contributed by atoms with van der Waals surface area (Å²) < 4.78 is 0. The average molecular weight is 222 g/mol. The highest BCUT2D eigenvalue weighted by atomic mass is 35.5. The lowest BCUT2D eigenvalue weighted by molar-refractivity contribution is 1.31. The summed E-state index contributed by atoms with van der Waals surface area (Å²) in [5.41, 5.74) is 1.31. The van der Waals surface area contributed by atoms with Crippen molar-refractivity contribution in [1.82, 2.24) is 0 Å². The maximum Gasteiger partial charge on any atom is 0.0992 e. The number of hydrogen-bond acceptors (Lipinski definition) is 2. The predicted molar refractivity (Wildman–Crippen MR) is 61.5 cm³/mol. The molecule has 0 aliphatic rings. The molecule has 1 rings (SSSR count). The van der Waals surface area contributed by atoms with Crippen LogP contribution in [0.15, 0.2) is 18.2 Å². The van der Waals surface area contributed by atoms with Crippen molar-refractivity contribution in [2.24, 2.45) is 0 Å². The van der Waals surface area contributed by atoms with Gasteiger partial charge in [0, 0.05) is 22.8 Å². The second-order valence-corrected chi connectivity index (χ2v) is 3.50. The number of nitriles is 1. The Morgan fingerprint density at radius 1 is 1.29 bits per heavy atom. The fourth-order valence-corrected chi connectivity index (χ4v) is 1.29. The van der Waals surface area contributed by atoms with E-state index in [2.05, 4.69) is 24.5 Å². The lowest BCUT2D eigenvalue weighted by atomic mass is 10.1. The van der Waals surface area contributed by atoms with Gasteiger partial charge in [-0.2, -0.15) is 17.9 Å². The van der Waals surface area contributed by atoms with Crippen LogP contribution in [0.1, 0.15) is 17.5 Å². The Labute approximate surface area is 94.1 Å². The van der Waals surface area contributed by atoms with Crippen LogP contribution in [0.25, 0.3) is 0 Å². The molecule has 70 valence electrons. The van der Waals surface area contributed by atoms with E-state index in [-0.39, 0.29) is 0 Å². The molecule has 0 aliphatic heterocycles. The summed E-state index contributed by atoms with van der Waals surface area (Å²) in [6.45, 7) is 0. The highest BCUT2D eigenvalue weighted by Crippen LogP contribution is 2.13. The van der Waals surface area contributed by atoms with Gasteiger partial charge in [0.25, 0.3) is 0 Å².